The molecule has 1 atom stereocenters. The minimum absolute atomic E-state index is 0.00179. The Morgan fingerprint density at radius 1 is 1.40 bits per heavy atom. The molecule has 1 aliphatic rings. The van der Waals surface area contributed by atoms with E-state index in [1.165, 1.54) is 0 Å². The zero-order valence-corrected chi connectivity index (χ0v) is 11.5. The summed E-state index contributed by atoms with van der Waals surface area (Å²) in [5.74, 6) is 1.55. The van der Waals surface area contributed by atoms with Gasteiger partial charge in [-0.15, -0.1) is 0 Å². The molecule has 0 spiro atoms. The third-order valence-corrected chi connectivity index (χ3v) is 3.33. The summed E-state index contributed by atoms with van der Waals surface area (Å²) >= 11 is 0. The number of carbonyl (C=O) groups excluding carboxylic acids is 1. The van der Waals surface area contributed by atoms with Crippen LogP contribution in [0.4, 0.5) is 5.82 Å². The number of aromatic amines is 1. The molecule has 0 saturated carbocycles. The molecule has 1 aliphatic heterocycles. The Morgan fingerprint density at radius 2 is 2.25 bits per heavy atom. The van der Waals surface area contributed by atoms with E-state index in [0.717, 1.165) is 16.9 Å². The summed E-state index contributed by atoms with van der Waals surface area (Å²) in [6.07, 6.45) is 2.33. The second-order valence-electron chi connectivity index (χ2n) is 5.24. The van der Waals surface area contributed by atoms with E-state index in [9.17, 15) is 4.79 Å². The highest BCUT2D eigenvalue weighted by Crippen LogP contribution is 2.36. The largest absolute Gasteiger partial charge is 0.491 e. The molecule has 1 amide bonds. The summed E-state index contributed by atoms with van der Waals surface area (Å²) in [7, 11) is 0. The quantitative estimate of drug-likeness (QED) is 0.902. The molecule has 3 rings (SSSR count). The van der Waals surface area contributed by atoms with Crippen LogP contribution in [0.5, 0.6) is 5.75 Å². The van der Waals surface area contributed by atoms with E-state index in [2.05, 4.69) is 15.5 Å². The predicted molar refractivity (Wildman–Crippen MR) is 75.9 cm³/mol. The van der Waals surface area contributed by atoms with Crippen LogP contribution in [0.3, 0.4) is 0 Å². The zero-order valence-electron chi connectivity index (χ0n) is 11.5. The van der Waals surface area contributed by atoms with Gasteiger partial charge in [0, 0.05) is 17.9 Å². The van der Waals surface area contributed by atoms with Crippen LogP contribution in [0.15, 0.2) is 30.5 Å². The van der Waals surface area contributed by atoms with Crippen molar-refractivity contribution >= 4 is 11.7 Å². The molecule has 2 N–H and O–H groups in total. The van der Waals surface area contributed by atoms with Gasteiger partial charge in [0.2, 0.25) is 5.91 Å². The van der Waals surface area contributed by atoms with Gasteiger partial charge >= 0.3 is 0 Å². The molecule has 5 nitrogen and oxygen atoms in total. The van der Waals surface area contributed by atoms with Gasteiger partial charge < -0.3 is 10.1 Å². The second-order valence-corrected chi connectivity index (χ2v) is 5.24. The number of H-pyrrole nitrogens is 1. The first-order chi connectivity index (χ1) is 9.63. The standard InChI is InChI=1S/C15H17N3O2/c1-9(2)20-11-5-3-4-10(6-11)12-7-14(19)17-15-13(12)8-16-18-15/h3-6,8-9,12H,7H2,1-2H3,(H2,16,17,18,19). The SMILES string of the molecule is CC(C)Oc1cccc(C2CC(=O)Nc3[nH]ncc32)c1. The highest BCUT2D eigenvalue weighted by atomic mass is 16.5. The van der Waals surface area contributed by atoms with Gasteiger partial charge in [0.1, 0.15) is 11.6 Å². The van der Waals surface area contributed by atoms with Crippen molar-refractivity contribution in [2.24, 2.45) is 0 Å². The third kappa shape index (κ3) is 2.39. The molecule has 0 bridgehead atoms. The molecule has 0 radical (unpaired) electrons. The highest BCUT2D eigenvalue weighted by molar-refractivity contribution is 5.94. The molecule has 1 aromatic carbocycles. The number of benzene rings is 1. The van der Waals surface area contributed by atoms with E-state index in [1.807, 2.05) is 38.1 Å². The fourth-order valence-corrected chi connectivity index (χ4v) is 2.52. The summed E-state index contributed by atoms with van der Waals surface area (Å²) in [5.41, 5.74) is 2.09. The van der Waals surface area contributed by atoms with Crippen molar-refractivity contribution in [3.63, 3.8) is 0 Å². The van der Waals surface area contributed by atoms with Crippen molar-refractivity contribution in [2.75, 3.05) is 5.32 Å². The topological polar surface area (TPSA) is 67.0 Å². The molecule has 2 heterocycles. The smallest absolute Gasteiger partial charge is 0.226 e. The summed E-state index contributed by atoms with van der Waals surface area (Å²) in [4.78, 5) is 11.8. The molecule has 0 aliphatic carbocycles. The van der Waals surface area contributed by atoms with Gasteiger partial charge in [-0.3, -0.25) is 9.89 Å². The Labute approximate surface area is 117 Å². The van der Waals surface area contributed by atoms with Crippen LogP contribution in [-0.4, -0.2) is 22.2 Å². The van der Waals surface area contributed by atoms with E-state index in [1.54, 1.807) is 6.20 Å². The summed E-state index contributed by atoms with van der Waals surface area (Å²) in [6.45, 7) is 3.99. The van der Waals surface area contributed by atoms with E-state index < -0.39 is 0 Å². The maximum atomic E-state index is 11.8. The van der Waals surface area contributed by atoms with E-state index >= 15 is 0 Å². The fourth-order valence-electron chi connectivity index (χ4n) is 2.52. The van der Waals surface area contributed by atoms with Crippen LogP contribution in [-0.2, 0) is 4.79 Å². The molecule has 1 unspecified atom stereocenters. The molecule has 1 aromatic heterocycles. The minimum atomic E-state index is 0.00179. The molecule has 20 heavy (non-hydrogen) atoms. The lowest BCUT2D eigenvalue weighted by Gasteiger charge is -2.23. The molecule has 2 aromatic rings. The average molecular weight is 271 g/mol. The lowest BCUT2D eigenvalue weighted by molar-refractivity contribution is -0.116. The van der Waals surface area contributed by atoms with Gasteiger partial charge in [-0.2, -0.15) is 5.10 Å². The van der Waals surface area contributed by atoms with Crippen LogP contribution in [0.2, 0.25) is 0 Å². The van der Waals surface area contributed by atoms with Crippen LogP contribution >= 0.6 is 0 Å². The molecule has 5 heteroatoms. The normalized spacial score (nSPS) is 17.8. The van der Waals surface area contributed by atoms with Gasteiger partial charge in [0.15, 0.2) is 0 Å². The number of nitrogens with one attached hydrogen (secondary N) is 2. The van der Waals surface area contributed by atoms with Gasteiger partial charge in [0.25, 0.3) is 0 Å². The Hall–Kier alpha value is -2.30. The summed E-state index contributed by atoms with van der Waals surface area (Å²) in [6, 6.07) is 7.91. The van der Waals surface area contributed by atoms with Crippen molar-refractivity contribution in [2.45, 2.75) is 32.3 Å². The van der Waals surface area contributed by atoms with Gasteiger partial charge in [0.05, 0.1) is 12.3 Å². The average Bonchev–Trinajstić information content (AvgIpc) is 2.85. The molecule has 0 saturated heterocycles. The Kier molecular flexibility index (Phi) is 3.18. The van der Waals surface area contributed by atoms with Crippen molar-refractivity contribution in [3.05, 3.63) is 41.6 Å². The molecular weight excluding hydrogens is 254 g/mol. The first kappa shape index (κ1) is 12.7. The first-order valence-corrected chi connectivity index (χ1v) is 6.73. The van der Waals surface area contributed by atoms with E-state index in [-0.39, 0.29) is 17.9 Å². The van der Waals surface area contributed by atoms with Crippen LogP contribution in [0, 0.1) is 0 Å². The van der Waals surface area contributed by atoms with Crippen LogP contribution in [0.1, 0.15) is 37.3 Å². The maximum Gasteiger partial charge on any atom is 0.226 e. The van der Waals surface area contributed by atoms with Crippen molar-refractivity contribution < 1.29 is 9.53 Å². The number of fused-ring (bicyclic) bond motifs is 1. The van der Waals surface area contributed by atoms with Crippen molar-refractivity contribution in [1.29, 1.82) is 0 Å². The monoisotopic (exact) mass is 271 g/mol. The van der Waals surface area contributed by atoms with Gasteiger partial charge in [-0.25, -0.2) is 0 Å². The second kappa shape index (κ2) is 5.00. The number of aromatic nitrogens is 2. The lowest BCUT2D eigenvalue weighted by Crippen LogP contribution is -2.23. The third-order valence-electron chi connectivity index (χ3n) is 3.33. The molecular formula is C15H17N3O2. The van der Waals surface area contributed by atoms with Gasteiger partial charge in [-0.1, -0.05) is 12.1 Å². The van der Waals surface area contributed by atoms with Crippen LogP contribution < -0.4 is 10.1 Å². The number of rotatable bonds is 3. The Balaban J connectivity index is 1.95. The van der Waals surface area contributed by atoms with Crippen LogP contribution in [0.25, 0.3) is 0 Å². The number of anilines is 1. The highest BCUT2D eigenvalue weighted by Gasteiger charge is 2.28. The predicted octanol–water partition coefficient (Wildman–Crippen LogP) is 2.67. The number of amides is 1. The maximum absolute atomic E-state index is 11.8. The van der Waals surface area contributed by atoms with E-state index in [0.29, 0.717) is 12.2 Å². The first-order valence-electron chi connectivity index (χ1n) is 6.73. The number of hydrogen-bond acceptors (Lipinski definition) is 3. The fraction of sp³-hybridized carbons (Fsp3) is 0.333. The van der Waals surface area contributed by atoms with E-state index in [4.69, 9.17) is 4.74 Å². The number of nitrogens with zero attached hydrogens (tertiary/aromatic N) is 1. The minimum Gasteiger partial charge on any atom is -0.491 e. The summed E-state index contributed by atoms with van der Waals surface area (Å²) < 4.78 is 5.72. The number of carbonyl (C=O) groups is 1. The van der Waals surface area contributed by atoms with Gasteiger partial charge in [-0.05, 0) is 31.5 Å². The van der Waals surface area contributed by atoms with Crippen molar-refractivity contribution in [1.82, 2.24) is 10.2 Å². The summed E-state index contributed by atoms with van der Waals surface area (Å²) in [5, 5.41) is 9.63. The molecule has 0 fully saturated rings. The number of hydrogen-bond donors (Lipinski definition) is 2. The Bertz CT molecular complexity index is 634. The lowest BCUT2D eigenvalue weighted by atomic mass is 9.87. The molecule has 104 valence electrons. The Morgan fingerprint density at radius 3 is 3.05 bits per heavy atom. The zero-order chi connectivity index (χ0) is 14.1. The number of ether oxygens (including phenoxy) is 1. The van der Waals surface area contributed by atoms with Crippen molar-refractivity contribution in [3.8, 4) is 5.75 Å².